The van der Waals surface area contributed by atoms with E-state index in [2.05, 4.69) is 0 Å². The van der Waals surface area contributed by atoms with Crippen molar-refractivity contribution < 1.29 is 63.0 Å². The fourth-order valence-electron chi connectivity index (χ4n) is 6.24. The number of sulfonamides is 1. The number of anilines is 1. The molecular formula is C40H36F8N2O6S. The van der Waals surface area contributed by atoms with E-state index in [4.69, 9.17) is 4.74 Å². The summed E-state index contributed by atoms with van der Waals surface area (Å²) in [7, 11) is -6.03. The molecule has 0 spiro atoms. The first-order valence-corrected chi connectivity index (χ1v) is 19.2. The number of aromatic carboxylic acids is 1. The minimum Gasteiger partial charge on any atom is -0.488 e. The Hall–Kier alpha value is -5.03. The van der Waals surface area contributed by atoms with Crippen molar-refractivity contribution in [1.82, 2.24) is 4.31 Å². The molecule has 17 heteroatoms. The van der Waals surface area contributed by atoms with Crippen molar-refractivity contribution in [3.63, 3.8) is 0 Å². The number of alkyl halides is 3. The topological polar surface area (TPSA) is 104 Å². The summed E-state index contributed by atoms with van der Waals surface area (Å²) in [5, 5.41) is 9.74. The van der Waals surface area contributed by atoms with Gasteiger partial charge in [0.1, 0.15) is 5.75 Å². The number of amides is 1. The predicted octanol–water partition coefficient (Wildman–Crippen LogP) is 9.24. The first-order chi connectivity index (χ1) is 26.6. The van der Waals surface area contributed by atoms with Crippen molar-refractivity contribution in [2.24, 2.45) is 0 Å². The van der Waals surface area contributed by atoms with Crippen molar-refractivity contribution in [1.29, 1.82) is 0 Å². The molecule has 0 atom stereocenters. The van der Waals surface area contributed by atoms with E-state index < -0.39 is 91.7 Å². The van der Waals surface area contributed by atoms with Crippen molar-refractivity contribution in [2.45, 2.75) is 88.1 Å². The number of halogens is 8. The maximum atomic E-state index is 15.2. The minimum absolute atomic E-state index is 0.0877. The molecule has 2 saturated carbocycles. The molecule has 0 unspecified atom stereocenters. The van der Waals surface area contributed by atoms with Gasteiger partial charge in [0, 0.05) is 6.54 Å². The Morgan fingerprint density at radius 1 is 0.807 bits per heavy atom. The van der Waals surface area contributed by atoms with Crippen LogP contribution in [0.3, 0.4) is 0 Å². The monoisotopic (exact) mass is 824 g/mol. The van der Waals surface area contributed by atoms with Gasteiger partial charge in [-0.2, -0.15) is 17.5 Å². The molecule has 1 amide bonds. The van der Waals surface area contributed by atoms with Crippen LogP contribution in [0.1, 0.15) is 90.5 Å². The average molecular weight is 825 g/mol. The van der Waals surface area contributed by atoms with Crippen LogP contribution in [0, 0.1) is 29.1 Å². The van der Waals surface area contributed by atoms with E-state index in [1.54, 1.807) is 6.07 Å². The predicted molar refractivity (Wildman–Crippen MR) is 191 cm³/mol. The summed E-state index contributed by atoms with van der Waals surface area (Å²) in [6.45, 7) is 2.61. The lowest BCUT2D eigenvalue weighted by Crippen LogP contribution is -2.43. The normalized spacial score (nSPS) is 14.9. The molecule has 0 saturated heterocycles. The molecule has 0 aromatic heterocycles. The number of hydrogen-bond donors (Lipinski definition) is 1. The van der Waals surface area contributed by atoms with Gasteiger partial charge in [-0.05, 0) is 83.5 Å². The highest BCUT2D eigenvalue weighted by molar-refractivity contribution is 7.89. The third kappa shape index (κ3) is 8.93. The van der Waals surface area contributed by atoms with E-state index in [0.29, 0.717) is 24.5 Å². The highest BCUT2D eigenvalue weighted by atomic mass is 32.2. The lowest BCUT2D eigenvalue weighted by molar-refractivity contribution is -0.138. The van der Waals surface area contributed by atoms with Gasteiger partial charge in [-0.25, -0.2) is 35.2 Å². The molecule has 304 valence electrons. The van der Waals surface area contributed by atoms with Crippen LogP contribution in [-0.4, -0.2) is 42.4 Å². The van der Waals surface area contributed by atoms with Crippen LogP contribution >= 0.6 is 0 Å². The Bertz CT molecular complexity index is 2330. The summed E-state index contributed by atoms with van der Waals surface area (Å²) >= 11 is 0. The molecule has 2 aliphatic carbocycles. The van der Waals surface area contributed by atoms with E-state index in [1.165, 1.54) is 6.07 Å². The summed E-state index contributed by atoms with van der Waals surface area (Å²) < 4.78 is 150. The average Bonchev–Trinajstić information content (AvgIpc) is 4.07. The van der Waals surface area contributed by atoms with Crippen LogP contribution in [-0.2, 0) is 39.5 Å². The van der Waals surface area contributed by atoms with Gasteiger partial charge in [0.2, 0.25) is 21.7 Å². The van der Waals surface area contributed by atoms with Crippen LogP contribution < -0.4 is 9.64 Å². The minimum atomic E-state index is -6.03. The van der Waals surface area contributed by atoms with Crippen molar-refractivity contribution in [3.05, 3.63) is 123 Å². The fourth-order valence-corrected chi connectivity index (χ4v) is 7.72. The zero-order valence-electron chi connectivity index (χ0n) is 30.7. The summed E-state index contributed by atoms with van der Waals surface area (Å²) in [4.78, 5) is 25.2. The molecule has 0 bridgehead atoms. The van der Waals surface area contributed by atoms with Crippen molar-refractivity contribution >= 4 is 27.6 Å². The van der Waals surface area contributed by atoms with Crippen LogP contribution in [0.2, 0.25) is 0 Å². The Morgan fingerprint density at radius 2 is 1.42 bits per heavy atom. The maximum Gasteiger partial charge on any atom is 0.416 e. The molecule has 8 nitrogen and oxygen atoms in total. The Labute approximate surface area is 322 Å². The first-order valence-electron chi connectivity index (χ1n) is 17.7. The van der Waals surface area contributed by atoms with Crippen LogP contribution in [0.4, 0.5) is 40.8 Å². The molecule has 1 N–H and O–H groups in total. The van der Waals surface area contributed by atoms with Crippen molar-refractivity contribution in [2.75, 3.05) is 11.4 Å². The van der Waals surface area contributed by atoms with Gasteiger partial charge in [0.25, 0.3) is 0 Å². The molecule has 0 aliphatic heterocycles. The summed E-state index contributed by atoms with van der Waals surface area (Å²) in [6, 6.07) is 12.6. The standard InChI is InChI=1S/C40H36F8N2O6S/c1-39(2,3)26-15-21(14-25(16-26)22-8-9-22)18-50(29-13-10-23(38(52)53)17-30(29)56-27-11-12-27)31(51)20-49(19-24-6-4-5-7-28(24)40(46,47)48)57(54,55)37-35(44)33(42)32(41)34(43)36(37)45/h4-7,10,13-17,22,27H,8-9,11-12,18-20H2,1-3H3,(H,52,53). The Balaban J connectivity index is 1.52. The zero-order chi connectivity index (χ0) is 41.8. The largest absolute Gasteiger partial charge is 0.488 e. The summed E-state index contributed by atoms with van der Waals surface area (Å²) in [6.07, 6.45) is -2.53. The lowest BCUT2D eigenvalue weighted by Gasteiger charge is -2.30. The number of carboxylic acids is 1. The Morgan fingerprint density at radius 3 is 1.98 bits per heavy atom. The van der Waals surface area contributed by atoms with Gasteiger partial charge in [0.15, 0.2) is 28.2 Å². The van der Waals surface area contributed by atoms with Crippen molar-refractivity contribution in [3.8, 4) is 5.75 Å². The summed E-state index contributed by atoms with van der Waals surface area (Å²) in [5.41, 5.74) is -0.627. The maximum absolute atomic E-state index is 15.2. The van der Waals surface area contributed by atoms with E-state index in [-0.39, 0.29) is 39.9 Å². The third-order valence-corrected chi connectivity index (χ3v) is 11.4. The quantitative estimate of drug-likeness (QED) is 0.0820. The van der Waals surface area contributed by atoms with Crippen LogP contribution in [0.15, 0.2) is 65.6 Å². The number of benzene rings is 4. The highest BCUT2D eigenvalue weighted by Crippen LogP contribution is 2.43. The number of ether oxygens (including phenoxy) is 1. The molecule has 4 aromatic carbocycles. The molecule has 0 heterocycles. The molecule has 2 aliphatic rings. The molecule has 2 fully saturated rings. The van der Waals surface area contributed by atoms with Gasteiger partial charge in [-0.3, -0.25) is 4.79 Å². The third-order valence-electron chi connectivity index (χ3n) is 9.64. The summed E-state index contributed by atoms with van der Waals surface area (Å²) in [5.74, 6) is -16.0. The van der Waals surface area contributed by atoms with Gasteiger partial charge < -0.3 is 14.7 Å². The lowest BCUT2D eigenvalue weighted by atomic mass is 9.84. The highest BCUT2D eigenvalue weighted by Gasteiger charge is 2.41. The zero-order valence-corrected chi connectivity index (χ0v) is 31.5. The number of carbonyl (C=O) groups is 2. The van der Waals surface area contributed by atoms with E-state index in [9.17, 15) is 49.5 Å². The van der Waals surface area contributed by atoms with Gasteiger partial charge in [0.05, 0.1) is 36.0 Å². The van der Waals surface area contributed by atoms with Gasteiger partial charge >= 0.3 is 12.1 Å². The number of hydrogen-bond acceptors (Lipinski definition) is 5. The van der Waals surface area contributed by atoms with E-state index in [1.807, 2.05) is 32.9 Å². The SMILES string of the molecule is CC(C)(C)c1cc(CN(C(=O)CN(Cc2ccccc2C(F)(F)F)S(=O)(=O)c2c(F)c(F)c(F)c(F)c2F)c2ccc(C(=O)O)cc2OC2CC2)cc(C2CC2)c1. The molecule has 4 aromatic rings. The molecule has 6 rings (SSSR count). The number of carbonyl (C=O) groups excluding carboxylic acids is 1. The second kappa shape index (κ2) is 15.4. The fraction of sp³-hybridized carbons (Fsp3) is 0.350. The van der Waals surface area contributed by atoms with Gasteiger partial charge in [-0.15, -0.1) is 0 Å². The van der Waals surface area contributed by atoms with Crippen LogP contribution in [0.25, 0.3) is 0 Å². The molecule has 0 radical (unpaired) electrons. The molecule has 57 heavy (non-hydrogen) atoms. The number of carboxylic acid groups (broad SMARTS) is 1. The molecular weight excluding hydrogens is 788 g/mol. The van der Waals surface area contributed by atoms with E-state index in [0.717, 1.165) is 59.2 Å². The number of nitrogens with zero attached hydrogens (tertiary/aromatic N) is 2. The Kier molecular flexibility index (Phi) is 11.2. The van der Waals surface area contributed by atoms with Gasteiger partial charge in [-0.1, -0.05) is 57.2 Å². The smallest absolute Gasteiger partial charge is 0.416 e. The second-order valence-electron chi connectivity index (χ2n) is 15.1. The number of rotatable bonds is 13. The van der Waals surface area contributed by atoms with Crippen LogP contribution in [0.5, 0.6) is 5.75 Å². The first kappa shape index (κ1) is 41.6. The second-order valence-corrected chi connectivity index (χ2v) is 17.0. The van der Waals surface area contributed by atoms with E-state index >= 15 is 8.78 Å².